The molecular weight excluding hydrogens is 262 g/mol. The summed E-state index contributed by atoms with van der Waals surface area (Å²) in [7, 11) is 0. The van der Waals surface area contributed by atoms with Crippen molar-refractivity contribution < 1.29 is 9.90 Å². The van der Waals surface area contributed by atoms with Crippen LogP contribution < -0.4 is 5.32 Å². The topological polar surface area (TPSA) is 49.3 Å². The Kier molecular flexibility index (Phi) is 5.73. The highest BCUT2D eigenvalue weighted by Crippen LogP contribution is 2.04. The van der Waals surface area contributed by atoms with Crippen LogP contribution in [0.1, 0.15) is 11.1 Å². The van der Waals surface area contributed by atoms with Crippen LogP contribution in [0.5, 0.6) is 0 Å². The number of aliphatic hydroxyl groups excluding tert-OH is 1. The van der Waals surface area contributed by atoms with Crippen LogP contribution in [0.15, 0.2) is 66.7 Å². The van der Waals surface area contributed by atoms with Crippen LogP contribution in [-0.2, 0) is 11.2 Å². The van der Waals surface area contributed by atoms with E-state index in [2.05, 4.69) is 5.32 Å². The summed E-state index contributed by atoms with van der Waals surface area (Å²) in [5.74, 6) is -0.200. The van der Waals surface area contributed by atoms with Crippen LogP contribution >= 0.6 is 0 Å². The third kappa shape index (κ3) is 5.24. The van der Waals surface area contributed by atoms with E-state index in [1.165, 1.54) is 6.08 Å². The summed E-state index contributed by atoms with van der Waals surface area (Å²) in [5.41, 5.74) is 2.06. The van der Waals surface area contributed by atoms with E-state index in [1.54, 1.807) is 6.08 Å². The lowest BCUT2D eigenvalue weighted by Gasteiger charge is -2.15. The molecule has 0 saturated carbocycles. The number of aliphatic hydroxyl groups is 1. The quantitative estimate of drug-likeness (QED) is 0.799. The Morgan fingerprint density at radius 3 is 2.29 bits per heavy atom. The molecular formula is C18H19NO2. The van der Waals surface area contributed by atoms with Crippen LogP contribution in [-0.4, -0.2) is 23.7 Å². The lowest BCUT2D eigenvalue weighted by atomic mass is 10.1. The molecule has 1 atom stereocenters. The second kappa shape index (κ2) is 8.02. The normalized spacial score (nSPS) is 12.2. The van der Waals surface area contributed by atoms with E-state index in [9.17, 15) is 9.90 Å². The summed E-state index contributed by atoms with van der Waals surface area (Å²) >= 11 is 0. The van der Waals surface area contributed by atoms with Gasteiger partial charge in [0.1, 0.15) is 0 Å². The molecule has 2 aromatic carbocycles. The first-order chi connectivity index (χ1) is 10.3. The SMILES string of the molecule is O=C(/C=C\c1ccccc1)N[C@@H](CO)Cc1ccccc1. The zero-order valence-corrected chi connectivity index (χ0v) is 11.8. The Morgan fingerprint density at radius 1 is 1.05 bits per heavy atom. The summed E-state index contributed by atoms with van der Waals surface area (Å²) < 4.78 is 0. The minimum Gasteiger partial charge on any atom is -0.394 e. The number of rotatable bonds is 6. The van der Waals surface area contributed by atoms with Crippen molar-refractivity contribution in [3.8, 4) is 0 Å². The van der Waals surface area contributed by atoms with E-state index < -0.39 is 0 Å². The average Bonchev–Trinajstić information content (AvgIpc) is 2.54. The molecule has 2 aromatic rings. The second-order valence-corrected chi connectivity index (χ2v) is 4.82. The molecule has 1 amide bonds. The van der Waals surface area contributed by atoms with E-state index in [0.717, 1.165) is 11.1 Å². The Morgan fingerprint density at radius 2 is 1.67 bits per heavy atom. The predicted molar refractivity (Wildman–Crippen MR) is 84.6 cm³/mol. The molecule has 21 heavy (non-hydrogen) atoms. The first-order valence-electron chi connectivity index (χ1n) is 6.96. The highest BCUT2D eigenvalue weighted by Gasteiger charge is 2.10. The molecule has 0 aliphatic rings. The number of hydrogen-bond donors (Lipinski definition) is 2. The second-order valence-electron chi connectivity index (χ2n) is 4.82. The zero-order valence-electron chi connectivity index (χ0n) is 11.8. The van der Waals surface area contributed by atoms with Gasteiger partial charge in [-0.2, -0.15) is 0 Å². The maximum atomic E-state index is 11.9. The van der Waals surface area contributed by atoms with Crippen molar-refractivity contribution >= 4 is 12.0 Å². The summed E-state index contributed by atoms with van der Waals surface area (Å²) in [4.78, 5) is 11.9. The fourth-order valence-electron chi connectivity index (χ4n) is 2.05. The summed E-state index contributed by atoms with van der Waals surface area (Å²) in [6.07, 6.45) is 3.86. The van der Waals surface area contributed by atoms with Gasteiger partial charge in [0.25, 0.3) is 0 Å². The molecule has 3 nitrogen and oxygen atoms in total. The summed E-state index contributed by atoms with van der Waals surface area (Å²) in [5, 5.41) is 12.2. The fourth-order valence-corrected chi connectivity index (χ4v) is 2.05. The lowest BCUT2D eigenvalue weighted by Crippen LogP contribution is -2.38. The number of nitrogens with one attached hydrogen (secondary N) is 1. The molecule has 0 spiro atoms. The van der Waals surface area contributed by atoms with Gasteiger partial charge < -0.3 is 10.4 Å². The van der Waals surface area contributed by atoms with E-state index in [-0.39, 0.29) is 18.6 Å². The minimum atomic E-state index is -0.277. The van der Waals surface area contributed by atoms with Crippen LogP contribution in [0, 0.1) is 0 Å². The third-order valence-corrected chi connectivity index (χ3v) is 3.12. The van der Waals surface area contributed by atoms with Gasteiger partial charge in [0.2, 0.25) is 5.91 Å². The van der Waals surface area contributed by atoms with Gasteiger partial charge in [-0.1, -0.05) is 60.7 Å². The molecule has 0 aromatic heterocycles. The van der Waals surface area contributed by atoms with Gasteiger partial charge in [-0.15, -0.1) is 0 Å². The molecule has 0 radical (unpaired) electrons. The van der Waals surface area contributed by atoms with E-state index in [4.69, 9.17) is 0 Å². The van der Waals surface area contributed by atoms with E-state index in [0.29, 0.717) is 6.42 Å². The van der Waals surface area contributed by atoms with Gasteiger partial charge in [0, 0.05) is 6.08 Å². The van der Waals surface area contributed by atoms with Crippen molar-refractivity contribution in [2.75, 3.05) is 6.61 Å². The van der Waals surface area contributed by atoms with E-state index >= 15 is 0 Å². The van der Waals surface area contributed by atoms with Crippen molar-refractivity contribution in [1.29, 1.82) is 0 Å². The fraction of sp³-hybridized carbons (Fsp3) is 0.167. The van der Waals surface area contributed by atoms with Gasteiger partial charge in [-0.3, -0.25) is 4.79 Å². The molecule has 0 aliphatic carbocycles. The molecule has 0 saturated heterocycles. The Labute approximate surface area is 124 Å². The van der Waals surface area contributed by atoms with Gasteiger partial charge in [-0.05, 0) is 23.6 Å². The van der Waals surface area contributed by atoms with E-state index in [1.807, 2.05) is 60.7 Å². The molecule has 0 unspecified atom stereocenters. The van der Waals surface area contributed by atoms with Crippen LogP contribution in [0.3, 0.4) is 0 Å². The first kappa shape index (κ1) is 15.0. The average molecular weight is 281 g/mol. The summed E-state index contributed by atoms with van der Waals surface area (Å²) in [6, 6.07) is 19.1. The van der Waals surface area contributed by atoms with Crippen LogP contribution in [0.2, 0.25) is 0 Å². The smallest absolute Gasteiger partial charge is 0.244 e. The maximum Gasteiger partial charge on any atom is 0.244 e. The summed E-state index contributed by atoms with van der Waals surface area (Å²) in [6.45, 7) is -0.0835. The highest BCUT2D eigenvalue weighted by atomic mass is 16.3. The Balaban J connectivity index is 1.89. The van der Waals surface area contributed by atoms with Gasteiger partial charge >= 0.3 is 0 Å². The third-order valence-electron chi connectivity index (χ3n) is 3.12. The van der Waals surface area contributed by atoms with Crippen molar-refractivity contribution in [3.63, 3.8) is 0 Å². The number of carbonyl (C=O) groups is 1. The van der Waals surface area contributed by atoms with Crippen molar-refractivity contribution in [2.24, 2.45) is 0 Å². The minimum absolute atomic E-state index is 0.0835. The molecule has 108 valence electrons. The molecule has 0 bridgehead atoms. The molecule has 2 N–H and O–H groups in total. The zero-order chi connectivity index (χ0) is 14.9. The first-order valence-corrected chi connectivity index (χ1v) is 6.96. The molecule has 0 fully saturated rings. The van der Waals surface area contributed by atoms with Crippen LogP contribution in [0.25, 0.3) is 6.08 Å². The van der Waals surface area contributed by atoms with Gasteiger partial charge in [0.05, 0.1) is 12.6 Å². The Hall–Kier alpha value is -2.39. The van der Waals surface area contributed by atoms with Crippen molar-refractivity contribution in [1.82, 2.24) is 5.32 Å². The highest BCUT2D eigenvalue weighted by molar-refractivity contribution is 5.91. The number of hydrogen-bond acceptors (Lipinski definition) is 2. The standard InChI is InChI=1S/C18H19NO2/c20-14-17(13-16-9-5-2-6-10-16)19-18(21)12-11-15-7-3-1-4-8-15/h1-12,17,20H,13-14H2,(H,19,21)/b12-11-/t17-/m1/s1. The molecule has 0 aliphatic heterocycles. The van der Waals surface area contributed by atoms with Gasteiger partial charge in [-0.25, -0.2) is 0 Å². The molecule has 0 heterocycles. The van der Waals surface area contributed by atoms with Crippen LogP contribution in [0.4, 0.5) is 0 Å². The predicted octanol–water partition coefficient (Wildman–Crippen LogP) is 2.42. The van der Waals surface area contributed by atoms with Gasteiger partial charge in [0.15, 0.2) is 0 Å². The number of benzene rings is 2. The number of amides is 1. The molecule has 3 heteroatoms. The maximum absolute atomic E-state index is 11.9. The lowest BCUT2D eigenvalue weighted by molar-refractivity contribution is -0.117. The van der Waals surface area contributed by atoms with Crippen molar-refractivity contribution in [3.05, 3.63) is 77.9 Å². The number of carbonyl (C=O) groups excluding carboxylic acids is 1. The monoisotopic (exact) mass is 281 g/mol. The molecule has 2 rings (SSSR count). The Bertz CT molecular complexity index is 579. The largest absolute Gasteiger partial charge is 0.394 e. The van der Waals surface area contributed by atoms with Crippen molar-refractivity contribution in [2.45, 2.75) is 12.5 Å².